The van der Waals surface area contributed by atoms with Gasteiger partial charge >= 0.3 is 0 Å². The van der Waals surface area contributed by atoms with Crippen molar-refractivity contribution >= 4 is 22.6 Å². The third kappa shape index (κ3) is 3.05. The van der Waals surface area contributed by atoms with Crippen molar-refractivity contribution in [1.29, 1.82) is 0 Å². The number of aromatic nitrogens is 1. The normalized spacial score (nSPS) is 21.5. The predicted octanol–water partition coefficient (Wildman–Crippen LogP) is 3.46. The third-order valence-corrected chi connectivity index (χ3v) is 5.35. The quantitative estimate of drug-likeness (QED) is 0.860. The Bertz CT molecular complexity index is 777. The van der Waals surface area contributed by atoms with E-state index in [9.17, 15) is 0 Å². The maximum Gasteiger partial charge on any atom is 0.179 e. The Morgan fingerprint density at radius 3 is 2.88 bits per heavy atom. The fourth-order valence-corrected chi connectivity index (χ4v) is 3.92. The molecule has 4 rings (SSSR count). The van der Waals surface area contributed by atoms with E-state index in [1.54, 1.807) is 0 Å². The number of nitrogens with zero attached hydrogens (tertiary/aromatic N) is 4. The summed E-state index contributed by atoms with van der Waals surface area (Å²) < 4.78 is 0. The number of thiophene rings is 1. The first-order valence-electron chi connectivity index (χ1n) is 8.16. The van der Waals surface area contributed by atoms with Gasteiger partial charge in [-0.3, -0.25) is 9.88 Å². The van der Waals surface area contributed by atoms with Gasteiger partial charge in [0.15, 0.2) is 6.29 Å². The molecule has 0 bridgehead atoms. The van der Waals surface area contributed by atoms with Crippen molar-refractivity contribution in [3.05, 3.63) is 70.8 Å². The molecule has 0 radical (unpaired) electrons. The van der Waals surface area contributed by atoms with E-state index in [4.69, 9.17) is 4.99 Å². The molecule has 0 saturated carbocycles. The van der Waals surface area contributed by atoms with Crippen LogP contribution >= 0.6 is 11.3 Å². The van der Waals surface area contributed by atoms with Gasteiger partial charge in [0, 0.05) is 49.2 Å². The Kier molecular flexibility index (Phi) is 4.28. The molecule has 1 unspecified atom stereocenters. The molecule has 1 atom stereocenters. The average molecular weight is 336 g/mol. The molecule has 4 nitrogen and oxygen atoms in total. The van der Waals surface area contributed by atoms with Crippen molar-refractivity contribution in [2.45, 2.75) is 12.7 Å². The summed E-state index contributed by atoms with van der Waals surface area (Å²) in [4.78, 5) is 15.1. The second-order valence-electron chi connectivity index (χ2n) is 6.04. The van der Waals surface area contributed by atoms with Gasteiger partial charge in [0.25, 0.3) is 0 Å². The summed E-state index contributed by atoms with van der Waals surface area (Å²) >= 11 is 1.81. The first-order chi connectivity index (χ1) is 11.8. The molecule has 2 aliphatic rings. The fraction of sp³-hybridized carbons (Fsp3) is 0.263. The SMILES string of the molecule is CN1C=CC(c2ccncc2)=NC1N1CCC=C(c2cccs2)C1. The average Bonchev–Trinajstić information content (AvgIpc) is 3.18. The van der Waals surface area contributed by atoms with E-state index >= 15 is 0 Å². The van der Waals surface area contributed by atoms with Crippen LogP contribution in [-0.4, -0.2) is 46.9 Å². The van der Waals surface area contributed by atoms with E-state index in [0.717, 1.165) is 30.8 Å². The van der Waals surface area contributed by atoms with E-state index in [-0.39, 0.29) is 6.29 Å². The van der Waals surface area contributed by atoms with E-state index in [2.05, 4.69) is 57.7 Å². The predicted molar refractivity (Wildman–Crippen MR) is 100.0 cm³/mol. The molecule has 0 aliphatic carbocycles. The molecule has 0 fully saturated rings. The van der Waals surface area contributed by atoms with Gasteiger partial charge in [-0.2, -0.15) is 0 Å². The first-order valence-corrected chi connectivity index (χ1v) is 9.04. The zero-order valence-electron chi connectivity index (χ0n) is 13.7. The van der Waals surface area contributed by atoms with Crippen LogP contribution in [0, 0.1) is 0 Å². The molecular formula is C19H20N4S. The maximum absolute atomic E-state index is 5.00. The largest absolute Gasteiger partial charge is 0.347 e. The van der Waals surface area contributed by atoms with E-state index in [0.29, 0.717) is 0 Å². The Balaban J connectivity index is 1.58. The van der Waals surface area contributed by atoms with Gasteiger partial charge in [0.05, 0.1) is 5.71 Å². The Morgan fingerprint density at radius 2 is 2.08 bits per heavy atom. The zero-order valence-corrected chi connectivity index (χ0v) is 14.5. The van der Waals surface area contributed by atoms with Crippen LogP contribution in [-0.2, 0) is 0 Å². The monoisotopic (exact) mass is 336 g/mol. The summed E-state index contributed by atoms with van der Waals surface area (Å²) in [5.74, 6) is 0. The molecule has 2 aromatic heterocycles. The number of allylic oxidation sites excluding steroid dienone is 1. The first kappa shape index (κ1) is 15.3. The minimum absolute atomic E-state index is 0.0434. The van der Waals surface area contributed by atoms with Crippen LogP contribution in [0.1, 0.15) is 16.9 Å². The summed E-state index contributed by atoms with van der Waals surface area (Å²) in [5, 5.41) is 2.14. The molecule has 24 heavy (non-hydrogen) atoms. The van der Waals surface area contributed by atoms with E-state index in [1.807, 2.05) is 35.9 Å². The summed E-state index contributed by atoms with van der Waals surface area (Å²) in [7, 11) is 2.09. The highest BCUT2D eigenvalue weighted by Gasteiger charge is 2.26. The van der Waals surface area contributed by atoms with Gasteiger partial charge in [0.1, 0.15) is 0 Å². The lowest BCUT2D eigenvalue weighted by Gasteiger charge is -2.38. The number of rotatable bonds is 3. The van der Waals surface area contributed by atoms with Crippen molar-refractivity contribution in [3.63, 3.8) is 0 Å². The van der Waals surface area contributed by atoms with Crippen LogP contribution in [0.2, 0.25) is 0 Å². The van der Waals surface area contributed by atoms with Crippen LogP contribution < -0.4 is 0 Å². The standard InChI is InChI=1S/C19H20N4S/c1-22-12-8-17(15-6-9-20-10-7-15)21-19(22)23-11-2-4-16(14-23)18-5-3-13-24-18/h3-10,12-13,19H,2,11,14H2,1H3. The lowest BCUT2D eigenvalue weighted by molar-refractivity contribution is 0.111. The second kappa shape index (κ2) is 6.71. The Morgan fingerprint density at radius 1 is 1.21 bits per heavy atom. The molecule has 0 N–H and O–H groups in total. The van der Waals surface area contributed by atoms with Gasteiger partial charge in [-0.15, -0.1) is 11.3 Å². The van der Waals surface area contributed by atoms with E-state index < -0.39 is 0 Å². The molecule has 122 valence electrons. The highest BCUT2D eigenvalue weighted by atomic mass is 32.1. The minimum Gasteiger partial charge on any atom is -0.347 e. The molecule has 0 aromatic carbocycles. The molecule has 2 aliphatic heterocycles. The molecule has 5 heteroatoms. The van der Waals surface area contributed by atoms with Gasteiger partial charge in [-0.1, -0.05) is 12.1 Å². The van der Waals surface area contributed by atoms with E-state index in [1.165, 1.54) is 10.5 Å². The zero-order chi connectivity index (χ0) is 16.4. The number of aliphatic imine (C=N–C) groups is 1. The van der Waals surface area contributed by atoms with Gasteiger partial charge in [-0.05, 0) is 41.6 Å². The van der Waals surface area contributed by atoms with Crippen LogP contribution in [0.3, 0.4) is 0 Å². The van der Waals surface area contributed by atoms with Crippen LogP contribution in [0.25, 0.3) is 5.57 Å². The number of hydrogen-bond donors (Lipinski definition) is 0. The third-order valence-electron chi connectivity index (χ3n) is 4.41. The highest BCUT2D eigenvalue weighted by molar-refractivity contribution is 7.11. The second-order valence-corrected chi connectivity index (χ2v) is 6.99. The van der Waals surface area contributed by atoms with Crippen LogP contribution in [0.4, 0.5) is 0 Å². The van der Waals surface area contributed by atoms with Gasteiger partial charge in [-0.25, -0.2) is 4.99 Å². The molecular weight excluding hydrogens is 316 g/mol. The van der Waals surface area contributed by atoms with Crippen molar-refractivity contribution in [2.75, 3.05) is 20.1 Å². The van der Waals surface area contributed by atoms with Crippen molar-refractivity contribution in [3.8, 4) is 0 Å². The smallest absolute Gasteiger partial charge is 0.179 e. The lowest BCUT2D eigenvalue weighted by atomic mass is 10.1. The van der Waals surface area contributed by atoms with Gasteiger partial charge in [0.2, 0.25) is 0 Å². The molecule has 4 heterocycles. The van der Waals surface area contributed by atoms with Crippen molar-refractivity contribution < 1.29 is 0 Å². The summed E-state index contributed by atoms with van der Waals surface area (Å²) in [6, 6.07) is 8.35. The summed E-state index contributed by atoms with van der Waals surface area (Å²) in [6.45, 7) is 1.97. The maximum atomic E-state index is 5.00. The Labute approximate surface area is 146 Å². The lowest BCUT2D eigenvalue weighted by Crippen LogP contribution is -2.47. The van der Waals surface area contributed by atoms with Gasteiger partial charge < -0.3 is 4.90 Å². The number of pyridine rings is 1. The van der Waals surface area contributed by atoms with Crippen molar-refractivity contribution in [2.24, 2.45) is 4.99 Å². The van der Waals surface area contributed by atoms with Crippen molar-refractivity contribution in [1.82, 2.24) is 14.8 Å². The summed E-state index contributed by atoms with van der Waals surface area (Å²) in [6.07, 6.45) is 11.3. The number of hydrogen-bond acceptors (Lipinski definition) is 5. The summed E-state index contributed by atoms with van der Waals surface area (Å²) in [5.41, 5.74) is 3.55. The van der Waals surface area contributed by atoms with Crippen LogP contribution in [0.5, 0.6) is 0 Å². The fourth-order valence-electron chi connectivity index (χ4n) is 3.16. The topological polar surface area (TPSA) is 31.7 Å². The highest BCUT2D eigenvalue weighted by Crippen LogP contribution is 2.27. The van der Waals surface area contributed by atoms with Crippen LogP contribution in [0.15, 0.2) is 65.4 Å². The Hall–Kier alpha value is -2.24. The minimum atomic E-state index is 0.0434. The molecule has 2 aromatic rings. The molecule has 0 amide bonds. The molecule has 0 spiro atoms. The molecule has 0 saturated heterocycles.